The van der Waals surface area contributed by atoms with Crippen LogP contribution in [0.25, 0.3) is 0 Å². The summed E-state index contributed by atoms with van der Waals surface area (Å²) in [6.07, 6.45) is 2.06. The van der Waals surface area contributed by atoms with Gasteiger partial charge >= 0.3 is 0 Å². The van der Waals surface area contributed by atoms with Crippen molar-refractivity contribution in [1.82, 2.24) is 10.3 Å². The zero-order valence-electron chi connectivity index (χ0n) is 9.73. The zero-order chi connectivity index (χ0) is 11.5. The number of hydrogen-bond donors (Lipinski definition) is 1. The molecule has 0 aromatic carbocycles. The van der Waals surface area contributed by atoms with Crippen LogP contribution in [0.4, 0.5) is 0 Å². The van der Waals surface area contributed by atoms with Crippen LogP contribution in [-0.2, 0) is 10.8 Å². The summed E-state index contributed by atoms with van der Waals surface area (Å²) in [7, 11) is -0.570. The molecule has 1 aromatic heterocycles. The number of thiazole rings is 1. The molecule has 2 rings (SSSR count). The van der Waals surface area contributed by atoms with Crippen LogP contribution in [0.2, 0.25) is 0 Å². The fourth-order valence-corrected chi connectivity index (χ4v) is 3.98. The van der Waals surface area contributed by atoms with Crippen LogP contribution < -0.4 is 5.32 Å². The molecule has 0 radical (unpaired) electrons. The molecule has 0 bridgehead atoms. The van der Waals surface area contributed by atoms with E-state index in [0.717, 1.165) is 35.0 Å². The number of rotatable bonds is 3. The van der Waals surface area contributed by atoms with Gasteiger partial charge in [0.1, 0.15) is 0 Å². The number of hydrogen-bond acceptors (Lipinski definition) is 4. The van der Waals surface area contributed by atoms with Gasteiger partial charge in [-0.05, 0) is 26.7 Å². The summed E-state index contributed by atoms with van der Waals surface area (Å²) in [6.45, 7) is 4.19. The molecule has 16 heavy (non-hydrogen) atoms. The molecule has 1 atom stereocenters. The van der Waals surface area contributed by atoms with Gasteiger partial charge in [-0.3, -0.25) is 4.21 Å². The lowest BCUT2D eigenvalue weighted by Gasteiger charge is -2.25. The van der Waals surface area contributed by atoms with E-state index in [1.165, 1.54) is 0 Å². The van der Waals surface area contributed by atoms with Crippen molar-refractivity contribution < 1.29 is 4.21 Å². The topological polar surface area (TPSA) is 42.0 Å². The molecule has 1 fully saturated rings. The van der Waals surface area contributed by atoms with Crippen LogP contribution in [0.1, 0.15) is 36.5 Å². The van der Waals surface area contributed by atoms with Crippen LogP contribution in [0, 0.1) is 6.92 Å². The Balaban J connectivity index is 1.87. The molecule has 0 spiro atoms. The summed E-state index contributed by atoms with van der Waals surface area (Å²) in [5.74, 6) is 1.70. The normalized spacial score (nSPS) is 27.9. The minimum atomic E-state index is -0.570. The number of nitrogens with zero attached hydrogens (tertiary/aromatic N) is 1. The van der Waals surface area contributed by atoms with E-state index in [1.807, 2.05) is 6.92 Å². The van der Waals surface area contributed by atoms with E-state index in [0.29, 0.717) is 12.1 Å². The molecule has 1 unspecified atom stereocenters. The molecular formula is C11H18N2OS2. The third-order valence-electron chi connectivity index (χ3n) is 2.95. The third kappa shape index (κ3) is 3.12. The van der Waals surface area contributed by atoms with E-state index in [9.17, 15) is 4.21 Å². The first-order chi connectivity index (χ1) is 7.65. The Morgan fingerprint density at radius 2 is 2.25 bits per heavy atom. The van der Waals surface area contributed by atoms with E-state index in [4.69, 9.17) is 0 Å². The SMILES string of the molecule is Cc1nc(C(C)NC2CCS(=O)CC2)cs1. The fraction of sp³-hybridized carbons (Fsp3) is 0.727. The Morgan fingerprint density at radius 3 is 2.81 bits per heavy atom. The highest BCUT2D eigenvalue weighted by molar-refractivity contribution is 7.85. The second-order valence-corrected chi connectivity index (χ2v) is 7.06. The van der Waals surface area contributed by atoms with E-state index in [1.54, 1.807) is 11.3 Å². The maximum absolute atomic E-state index is 11.2. The van der Waals surface area contributed by atoms with Crippen molar-refractivity contribution >= 4 is 22.1 Å². The Morgan fingerprint density at radius 1 is 1.56 bits per heavy atom. The molecule has 1 N–H and O–H groups in total. The van der Waals surface area contributed by atoms with Gasteiger partial charge in [-0.2, -0.15) is 0 Å². The Hall–Kier alpha value is -0.260. The summed E-state index contributed by atoms with van der Waals surface area (Å²) in [6, 6.07) is 0.816. The highest BCUT2D eigenvalue weighted by atomic mass is 32.2. The Bertz CT molecular complexity index is 368. The second-order valence-electron chi connectivity index (χ2n) is 4.30. The van der Waals surface area contributed by atoms with Gasteiger partial charge in [-0.25, -0.2) is 4.98 Å². The van der Waals surface area contributed by atoms with Gasteiger partial charge in [-0.15, -0.1) is 11.3 Å². The summed E-state index contributed by atoms with van der Waals surface area (Å²) >= 11 is 1.70. The van der Waals surface area contributed by atoms with Crippen LogP contribution in [-0.4, -0.2) is 26.7 Å². The van der Waals surface area contributed by atoms with E-state index >= 15 is 0 Å². The largest absolute Gasteiger partial charge is 0.306 e. The van der Waals surface area contributed by atoms with Crippen molar-refractivity contribution in [3.63, 3.8) is 0 Å². The predicted octanol–water partition coefficient (Wildman–Crippen LogP) is 2.01. The molecule has 1 aliphatic heterocycles. The van der Waals surface area contributed by atoms with Gasteiger partial charge in [0.2, 0.25) is 0 Å². The highest BCUT2D eigenvalue weighted by Crippen LogP contribution is 2.18. The molecule has 1 aliphatic rings. The smallest absolute Gasteiger partial charge is 0.0898 e. The fourth-order valence-electron chi connectivity index (χ4n) is 1.98. The Kier molecular flexibility index (Phi) is 4.10. The maximum atomic E-state index is 11.2. The summed E-state index contributed by atoms with van der Waals surface area (Å²) in [5, 5.41) is 6.82. The molecule has 1 aromatic rings. The van der Waals surface area contributed by atoms with Crippen LogP contribution in [0.5, 0.6) is 0 Å². The van der Waals surface area contributed by atoms with Crippen molar-refractivity contribution in [2.45, 2.75) is 38.8 Å². The Labute approximate surface area is 103 Å². The molecule has 0 aliphatic carbocycles. The first-order valence-corrected chi connectivity index (χ1v) is 8.05. The van der Waals surface area contributed by atoms with E-state index in [-0.39, 0.29) is 0 Å². The monoisotopic (exact) mass is 258 g/mol. The standard InChI is InChI=1S/C11H18N2OS2/c1-8(11-7-15-9(2)13-11)12-10-3-5-16(14)6-4-10/h7-8,10,12H,3-6H2,1-2H3. The van der Waals surface area contributed by atoms with Crippen LogP contribution >= 0.6 is 11.3 Å². The molecule has 0 saturated carbocycles. The van der Waals surface area contributed by atoms with Gasteiger partial charge in [0.05, 0.1) is 10.7 Å². The molecule has 3 nitrogen and oxygen atoms in total. The lowest BCUT2D eigenvalue weighted by Crippen LogP contribution is -2.37. The minimum absolute atomic E-state index is 0.307. The number of aromatic nitrogens is 1. The molecule has 0 amide bonds. The average Bonchev–Trinajstić information content (AvgIpc) is 2.68. The van der Waals surface area contributed by atoms with Gasteiger partial charge in [-0.1, -0.05) is 0 Å². The van der Waals surface area contributed by atoms with Gasteiger partial charge in [0.25, 0.3) is 0 Å². The molecule has 1 saturated heterocycles. The lowest BCUT2D eigenvalue weighted by atomic mass is 10.1. The average molecular weight is 258 g/mol. The molecule has 90 valence electrons. The van der Waals surface area contributed by atoms with E-state index < -0.39 is 10.8 Å². The highest BCUT2D eigenvalue weighted by Gasteiger charge is 2.20. The first-order valence-electron chi connectivity index (χ1n) is 5.68. The third-order valence-corrected chi connectivity index (χ3v) is 5.13. The second kappa shape index (κ2) is 5.38. The van der Waals surface area contributed by atoms with Crippen molar-refractivity contribution in [3.8, 4) is 0 Å². The van der Waals surface area contributed by atoms with Crippen molar-refractivity contribution in [1.29, 1.82) is 0 Å². The quantitative estimate of drug-likeness (QED) is 0.902. The van der Waals surface area contributed by atoms with Crippen molar-refractivity contribution in [3.05, 3.63) is 16.1 Å². The first kappa shape index (κ1) is 12.2. The van der Waals surface area contributed by atoms with Crippen molar-refractivity contribution in [2.75, 3.05) is 11.5 Å². The predicted molar refractivity (Wildman–Crippen MR) is 69.3 cm³/mol. The molecule has 5 heteroatoms. The number of aryl methyl sites for hydroxylation is 1. The minimum Gasteiger partial charge on any atom is -0.306 e. The zero-order valence-corrected chi connectivity index (χ0v) is 11.4. The summed E-state index contributed by atoms with van der Waals surface area (Å²) in [5.41, 5.74) is 1.13. The maximum Gasteiger partial charge on any atom is 0.0898 e. The van der Waals surface area contributed by atoms with Gasteiger partial charge in [0, 0.05) is 39.8 Å². The van der Waals surface area contributed by atoms with Crippen LogP contribution in [0.15, 0.2) is 5.38 Å². The van der Waals surface area contributed by atoms with Gasteiger partial charge < -0.3 is 5.32 Å². The van der Waals surface area contributed by atoms with E-state index in [2.05, 4.69) is 22.6 Å². The summed E-state index contributed by atoms with van der Waals surface area (Å²) in [4.78, 5) is 4.49. The van der Waals surface area contributed by atoms with Crippen molar-refractivity contribution in [2.24, 2.45) is 0 Å². The molecular weight excluding hydrogens is 240 g/mol. The van der Waals surface area contributed by atoms with Crippen LogP contribution in [0.3, 0.4) is 0 Å². The number of nitrogens with one attached hydrogen (secondary N) is 1. The molecule has 2 heterocycles. The lowest BCUT2D eigenvalue weighted by molar-refractivity contribution is 0.423. The summed E-state index contributed by atoms with van der Waals surface area (Å²) < 4.78 is 11.2. The van der Waals surface area contributed by atoms with Gasteiger partial charge in [0.15, 0.2) is 0 Å².